The van der Waals surface area contributed by atoms with Gasteiger partial charge in [0.25, 0.3) is 0 Å². The third-order valence-corrected chi connectivity index (χ3v) is 4.76. The number of hydrogen-bond donors (Lipinski definition) is 0. The van der Waals surface area contributed by atoms with E-state index < -0.39 is 0 Å². The van der Waals surface area contributed by atoms with Crippen molar-refractivity contribution >= 4 is 26.1 Å². The van der Waals surface area contributed by atoms with Gasteiger partial charge in [0.1, 0.15) is 7.85 Å². The van der Waals surface area contributed by atoms with E-state index in [9.17, 15) is 0 Å². The molecule has 0 N–H and O–H groups in total. The highest BCUT2D eigenvalue weighted by molar-refractivity contribution is 6.51. The highest BCUT2D eigenvalue weighted by atomic mass is 14.9. The van der Waals surface area contributed by atoms with Gasteiger partial charge in [-0.2, -0.15) is 0 Å². The van der Waals surface area contributed by atoms with Gasteiger partial charge in [0.15, 0.2) is 13.1 Å². The Balaban J connectivity index is 1.87. The molecule has 2 nitrogen and oxygen atoms in total. The summed E-state index contributed by atoms with van der Waals surface area (Å²) in [6.07, 6.45) is 0. The molecule has 0 bridgehead atoms. The van der Waals surface area contributed by atoms with E-state index in [0.29, 0.717) is 0 Å². The summed E-state index contributed by atoms with van der Waals surface area (Å²) in [6.45, 7) is 2.17. The van der Waals surface area contributed by atoms with Crippen LogP contribution in [0, 0.1) is 0 Å². The molecule has 0 unspecified atom stereocenters. The van der Waals surface area contributed by atoms with Crippen LogP contribution >= 0.6 is 0 Å². The van der Waals surface area contributed by atoms with Crippen molar-refractivity contribution in [2.24, 2.45) is 0 Å². The van der Waals surface area contributed by atoms with Crippen LogP contribution in [0.4, 0.5) is 0 Å². The minimum atomic E-state index is 0.753. The summed E-state index contributed by atoms with van der Waals surface area (Å²) in [5.41, 5.74) is 7.70. The van der Waals surface area contributed by atoms with Gasteiger partial charge in [0, 0.05) is 16.7 Å². The second kappa shape index (κ2) is 7.63. The highest BCUT2D eigenvalue weighted by Crippen LogP contribution is 2.26. The van der Waals surface area contributed by atoms with Crippen LogP contribution in [-0.2, 0) is 0 Å². The lowest BCUT2D eigenvalue weighted by Crippen LogP contribution is -2.08. The Morgan fingerprint density at radius 3 is 1.78 bits per heavy atom. The molecular formula is C23H20B2N2. The van der Waals surface area contributed by atoms with Crippen LogP contribution in [0.5, 0.6) is 0 Å². The topological polar surface area (TPSA) is 25.8 Å². The predicted octanol–water partition coefficient (Wildman–Crippen LogP) is 2.85. The highest BCUT2D eigenvalue weighted by Gasteiger charge is 2.10. The van der Waals surface area contributed by atoms with Crippen LogP contribution in [0.15, 0.2) is 84.9 Å². The van der Waals surface area contributed by atoms with Crippen LogP contribution in [0.1, 0.15) is 0 Å². The summed E-state index contributed by atoms with van der Waals surface area (Å²) < 4.78 is 0. The summed E-state index contributed by atoms with van der Waals surface area (Å²) in [7, 11) is 3.13. The smallest absolute Gasteiger partial charge is 0.160 e. The monoisotopic (exact) mass is 346 g/mol. The molecule has 0 spiro atoms. The van der Waals surface area contributed by atoms with Gasteiger partial charge < -0.3 is 0 Å². The molecule has 4 rings (SSSR count). The Hall–Kier alpha value is -3.13. The maximum Gasteiger partial charge on any atom is 0.160 e. The molecule has 0 saturated carbocycles. The number of nitrogens with zero attached hydrogens (tertiary/aromatic N) is 2. The van der Waals surface area contributed by atoms with Crippen LogP contribution in [0.2, 0.25) is 6.82 Å². The summed E-state index contributed by atoms with van der Waals surface area (Å²) in [5.74, 6) is 0.753. The van der Waals surface area contributed by atoms with Crippen molar-refractivity contribution < 1.29 is 0 Å². The van der Waals surface area contributed by atoms with Gasteiger partial charge in [-0.05, 0) is 6.07 Å². The number of hydrogen-bond acceptors (Lipinski definition) is 2. The summed E-state index contributed by atoms with van der Waals surface area (Å²) in [5, 5.41) is 0. The van der Waals surface area contributed by atoms with Gasteiger partial charge in [-0.15, -0.1) is 0 Å². The first-order chi connectivity index (χ1) is 13.2. The van der Waals surface area contributed by atoms with Gasteiger partial charge in [-0.25, -0.2) is 9.97 Å². The first kappa shape index (κ1) is 17.3. The predicted molar refractivity (Wildman–Crippen MR) is 119 cm³/mol. The number of aromatic nitrogens is 2. The van der Waals surface area contributed by atoms with E-state index in [0.717, 1.165) is 41.2 Å². The van der Waals surface area contributed by atoms with E-state index in [4.69, 9.17) is 9.97 Å². The second-order valence-electron chi connectivity index (χ2n) is 6.74. The van der Waals surface area contributed by atoms with Gasteiger partial charge in [0.2, 0.25) is 0 Å². The molecule has 0 atom stereocenters. The fraction of sp³-hybridized carbons (Fsp3) is 0.0435. The maximum absolute atomic E-state index is 4.86. The molecule has 4 aromatic rings. The Bertz CT molecular complexity index is 1040. The Morgan fingerprint density at radius 1 is 0.667 bits per heavy atom. The summed E-state index contributed by atoms with van der Waals surface area (Å²) in [6, 6.07) is 29.4. The van der Waals surface area contributed by atoms with Crippen molar-refractivity contribution in [2.45, 2.75) is 6.82 Å². The molecule has 0 aliphatic carbocycles. The van der Waals surface area contributed by atoms with Gasteiger partial charge in [-0.3, -0.25) is 0 Å². The average Bonchev–Trinajstić information content (AvgIpc) is 2.74. The van der Waals surface area contributed by atoms with E-state index in [1.165, 1.54) is 10.9 Å². The van der Waals surface area contributed by atoms with E-state index >= 15 is 0 Å². The molecule has 27 heavy (non-hydrogen) atoms. The van der Waals surface area contributed by atoms with E-state index in [2.05, 4.69) is 81.4 Å². The largest absolute Gasteiger partial charge is 0.228 e. The van der Waals surface area contributed by atoms with Gasteiger partial charge in [-0.1, -0.05) is 96.6 Å². The maximum atomic E-state index is 4.86. The van der Waals surface area contributed by atoms with Crippen molar-refractivity contribution in [3.8, 4) is 33.9 Å². The lowest BCUT2D eigenvalue weighted by Gasteiger charge is -2.10. The fourth-order valence-corrected chi connectivity index (χ4v) is 3.09. The molecular weight excluding hydrogens is 326 g/mol. The quantitative estimate of drug-likeness (QED) is 0.531. The van der Waals surface area contributed by atoms with Crippen molar-refractivity contribution in [1.29, 1.82) is 0 Å². The van der Waals surface area contributed by atoms with Crippen LogP contribution < -0.4 is 10.9 Å². The summed E-state index contributed by atoms with van der Waals surface area (Å²) in [4.78, 5) is 9.71. The summed E-state index contributed by atoms with van der Waals surface area (Å²) >= 11 is 0. The normalized spacial score (nSPS) is 10.6. The number of benzene rings is 3. The minimum absolute atomic E-state index is 0.753. The van der Waals surface area contributed by atoms with Crippen LogP contribution in [0.25, 0.3) is 33.9 Å². The lowest BCUT2D eigenvalue weighted by molar-refractivity contribution is 1.18. The van der Waals surface area contributed by atoms with Crippen LogP contribution in [0.3, 0.4) is 0 Å². The first-order valence-corrected chi connectivity index (χ1v) is 9.34. The zero-order valence-corrected chi connectivity index (χ0v) is 15.7. The molecule has 0 fully saturated rings. The molecule has 1 heterocycles. The Kier molecular flexibility index (Phi) is 4.88. The molecule has 0 radical (unpaired) electrons. The molecule has 128 valence electrons. The molecule has 1 aromatic heterocycles. The van der Waals surface area contributed by atoms with Crippen LogP contribution in [-0.4, -0.2) is 25.1 Å². The average molecular weight is 346 g/mol. The van der Waals surface area contributed by atoms with Crippen molar-refractivity contribution in [3.63, 3.8) is 0 Å². The van der Waals surface area contributed by atoms with Crippen molar-refractivity contribution in [2.75, 3.05) is 0 Å². The zero-order valence-electron chi connectivity index (χ0n) is 15.7. The Labute approximate surface area is 162 Å². The first-order valence-electron chi connectivity index (χ1n) is 9.34. The van der Waals surface area contributed by atoms with E-state index in [1.54, 1.807) is 0 Å². The zero-order chi connectivity index (χ0) is 18.6. The Morgan fingerprint density at radius 2 is 1.22 bits per heavy atom. The van der Waals surface area contributed by atoms with Gasteiger partial charge in [0.05, 0.1) is 11.4 Å². The lowest BCUT2D eigenvalue weighted by atomic mass is 9.73. The number of rotatable bonds is 4. The second-order valence-corrected chi connectivity index (χ2v) is 6.74. The van der Waals surface area contributed by atoms with E-state index in [-0.39, 0.29) is 0 Å². The molecule has 0 aliphatic rings. The third kappa shape index (κ3) is 3.85. The third-order valence-electron chi connectivity index (χ3n) is 4.76. The SMILES string of the molecule is Bc1ccc(-c2cc(-c3ccc(BC)cc3)nc(-c3ccccc3)n2)cc1. The van der Waals surface area contributed by atoms with Gasteiger partial charge >= 0.3 is 0 Å². The standard InChI is InChI=1S/C23H20B2N2/c1-25-20-13-9-17(10-14-20)22-15-21(16-7-11-19(24)12-8-16)26-23(27-22)18-5-3-2-4-6-18/h2-15,25H,24H2,1H3. The minimum Gasteiger partial charge on any atom is -0.228 e. The van der Waals surface area contributed by atoms with Crippen molar-refractivity contribution in [3.05, 3.63) is 84.9 Å². The molecule has 0 aliphatic heterocycles. The fourth-order valence-electron chi connectivity index (χ4n) is 3.09. The van der Waals surface area contributed by atoms with E-state index in [1.807, 2.05) is 18.2 Å². The molecule has 0 saturated heterocycles. The molecule has 4 heteroatoms. The molecule has 3 aromatic carbocycles. The van der Waals surface area contributed by atoms with Crippen molar-refractivity contribution in [1.82, 2.24) is 9.97 Å². The molecule has 0 amide bonds.